The maximum Gasteiger partial charge on any atom is 0.129 e. The average Bonchev–Trinajstić information content (AvgIpc) is 2.22. The molecule has 1 nitrogen and oxygen atoms in total. The Morgan fingerprint density at radius 2 is 2.13 bits per heavy atom. The Morgan fingerprint density at radius 1 is 1.40 bits per heavy atom. The third-order valence-corrected chi connectivity index (χ3v) is 2.81. The summed E-state index contributed by atoms with van der Waals surface area (Å²) in [5.41, 5.74) is 0.547. The summed E-state index contributed by atoms with van der Waals surface area (Å²) < 4.78 is 13.4. The molecule has 0 unspecified atom stereocenters. The number of alkyl halides is 1. The van der Waals surface area contributed by atoms with E-state index >= 15 is 0 Å². The summed E-state index contributed by atoms with van der Waals surface area (Å²) in [5, 5.41) is 0.475. The second-order valence-electron chi connectivity index (χ2n) is 3.26. The number of halogens is 3. The van der Waals surface area contributed by atoms with Crippen molar-refractivity contribution < 1.29 is 4.39 Å². The lowest BCUT2D eigenvalue weighted by Gasteiger charge is -2.19. The summed E-state index contributed by atoms with van der Waals surface area (Å²) in [5.74, 6) is 0.287. The molecule has 0 aliphatic carbocycles. The molecule has 0 aromatic heterocycles. The van der Waals surface area contributed by atoms with Crippen LogP contribution in [0.4, 0.5) is 4.39 Å². The van der Waals surface area contributed by atoms with Gasteiger partial charge in [0, 0.05) is 29.6 Å². The normalized spacial score (nSPS) is 11.0. The van der Waals surface area contributed by atoms with E-state index in [4.69, 9.17) is 23.2 Å². The van der Waals surface area contributed by atoms with Crippen molar-refractivity contribution in [3.8, 4) is 0 Å². The van der Waals surface area contributed by atoms with Crippen LogP contribution in [0.25, 0.3) is 0 Å². The summed E-state index contributed by atoms with van der Waals surface area (Å²) in [7, 11) is 0. The van der Waals surface area contributed by atoms with E-state index in [0.717, 1.165) is 13.1 Å². The van der Waals surface area contributed by atoms with Gasteiger partial charge in [-0.05, 0) is 18.7 Å². The standard InChI is InChI=1S/C11H14Cl2FN/c1-2-15(7-6-12)8-9-10(13)4-3-5-11(9)14/h3-5H,2,6-8H2,1H3. The van der Waals surface area contributed by atoms with Crippen LogP contribution in [0.1, 0.15) is 12.5 Å². The molecular weight excluding hydrogens is 236 g/mol. The zero-order chi connectivity index (χ0) is 11.3. The number of hydrogen-bond acceptors (Lipinski definition) is 1. The highest BCUT2D eigenvalue weighted by Gasteiger charge is 2.10. The first-order chi connectivity index (χ1) is 7.19. The van der Waals surface area contributed by atoms with Gasteiger partial charge in [0.05, 0.1) is 0 Å². The molecule has 0 N–H and O–H groups in total. The Balaban J connectivity index is 2.78. The first kappa shape index (κ1) is 12.8. The summed E-state index contributed by atoms with van der Waals surface area (Å²) in [4.78, 5) is 2.05. The van der Waals surface area contributed by atoms with E-state index in [1.807, 2.05) is 6.92 Å². The first-order valence-corrected chi connectivity index (χ1v) is 5.81. The molecule has 1 aromatic carbocycles. The lowest BCUT2D eigenvalue weighted by atomic mass is 10.2. The third-order valence-electron chi connectivity index (χ3n) is 2.29. The van der Waals surface area contributed by atoms with Crippen molar-refractivity contribution in [1.82, 2.24) is 4.90 Å². The summed E-state index contributed by atoms with van der Waals surface area (Å²) in [6.07, 6.45) is 0. The number of rotatable bonds is 5. The van der Waals surface area contributed by atoms with Gasteiger partial charge in [0.15, 0.2) is 0 Å². The molecule has 0 amide bonds. The minimum Gasteiger partial charge on any atom is -0.298 e. The Morgan fingerprint density at radius 3 is 2.67 bits per heavy atom. The van der Waals surface area contributed by atoms with Crippen LogP contribution < -0.4 is 0 Å². The lowest BCUT2D eigenvalue weighted by Crippen LogP contribution is -2.25. The van der Waals surface area contributed by atoms with Gasteiger partial charge in [-0.2, -0.15) is 0 Å². The van der Waals surface area contributed by atoms with Gasteiger partial charge < -0.3 is 0 Å². The molecule has 1 aromatic rings. The third kappa shape index (κ3) is 3.63. The van der Waals surface area contributed by atoms with Gasteiger partial charge in [0.2, 0.25) is 0 Å². The summed E-state index contributed by atoms with van der Waals surface area (Å²) >= 11 is 11.6. The largest absolute Gasteiger partial charge is 0.298 e. The Labute approximate surface area is 99.8 Å². The average molecular weight is 250 g/mol. The zero-order valence-corrected chi connectivity index (χ0v) is 10.2. The summed E-state index contributed by atoms with van der Waals surface area (Å²) in [6, 6.07) is 4.74. The van der Waals surface area contributed by atoms with Gasteiger partial charge >= 0.3 is 0 Å². The highest BCUT2D eigenvalue weighted by atomic mass is 35.5. The van der Waals surface area contributed by atoms with Crippen molar-refractivity contribution in [2.75, 3.05) is 19.0 Å². The van der Waals surface area contributed by atoms with Crippen LogP contribution in [0, 0.1) is 5.82 Å². The molecule has 0 saturated heterocycles. The molecule has 0 atom stereocenters. The Kier molecular flexibility index (Phi) is 5.37. The fourth-order valence-corrected chi connectivity index (χ4v) is 1.84. The van der Waals surface area contributed by atoms with Crippen molar-refractivity contribution in [1.29, 1.82) is 0 Å². The minimum atomic E-state index is -0.254. The molecular formula is C11H14Cl2FN. The molecule has 0 aliphatic heterocycles. The van der Waals surface area contributed by atoms with Gasteiger partial charge in [0.1, 0.15) is 5.82 Å². The van der Waals surface area contributed by atoms with Crippen molar-refractivity contribution in [2.45, 2.75) is 13.5 Å². The van der Waals surface area contributed by atoms with Gasteiger partial charge in [-0.15, -0.1) is 11.6 Å². The highest BCUT2D eigenvalue weighted by molar-refractivity contribution is 6.31. The quantitative estimate of drug-likeness (QED) is 0.722. The van der Waals surface area contributed by atoms with Crippen molar-refractivity contribution in [2.24, 2.45) is 0 Å². The maximum atomic E-state index is 13.4. The van der Waals surface area contributed by atoms with Gasteiger partial charge in [0.25, 0.3) is 0 Å². The monoisotopic (exact) mass is 249 g/mol. The van der Waals surface area contributed by atoms with E-state index in [9.17, 15) is 4.39 Å². The zero-order valence-electron chi connectivity index (χ0n) is 8.64. The number of benzene rings is 1. The predicted octanol–water partition coefficient (Wildman–Crippen LogP) is 3.54. The van der Waals surface area contributed by atoms with E-state index in [-0.39, 0.29) is 5.82 Å². The molecule has 0 radical (unpaired) electrons. The second kappa shape index (κ2) is 6.31. The minimum absolute atomic E-state index is 0.254. The molecule has 1 rings (SSSR count). The molecule has 15 heavy (non-hydrogen) atoms. The van der Waals surface area contributed by atoms with Gasteiger partial charge in [-0.1, -0.05) is 24.6 Å². The number of nitrogens with zero attached hydrogens (tertiary/aromatic N) is 1. The predicted molar refractivity (Wildman–Crippen MR) is 63.1 cm³/mol. The number of hydrogen-bond donors (Lipinski definition) is 0. The van der Waals surface area contributed by atoms with Crippen LogP contribution in [0.3, 0.4) is 0 Å². The van der Waals surface area contributed by atoms with Crippen LogP contribution >= 0.6 is 23.2 Å². The van der Waals surface area contributed by atoms with Crippen LogP contribution in [-0.2, 0) is 6.54 Å². The van der Waals surface area contributed by atoms with E-state index in [0.29, 0.717) is 23.0 Å². The molecule has 84 valence electrons. The van der Waals surface area contributed by atoms with E-state index in [1.54, 1.807) is 12.1 Å². The molecule has 0 bridgehead atoms. The summed E-state index contributed by atoms with van der Waals surface area (Å²) in [6.45, 7) is 4.09. The van der Waals surface area contributed by atoms with Gasteiger partial charge in [-0.25, -0.2) is 4.39 Å². The SMILES string of the molecule is CCN(CCCl)Cc1c(F)cccc1Cl. The van der Waals surface area contributed by atoms with Crippen LogP contribution in [0.5, 0.6) is 0 Å². The smallest absolute Gasteiger partial charge is 0.129 e. The molecule has 0 heterocycles. The van der Waals surface area contributed by atoms with E-state index in [1.165, 1.54) is 6.07 Å². The molecule has 0 fully saturated rings. The molecule has 4 heteroatoms. The second-order valence-corrected chi connectivity index (χ2v) is 4.04. The topological polar surface area (TPSA) is 3.24 Å². The highest BCUT2D eigenvalue weighted by Crippen LogP contribution is 2.20. The van der Waals surface area contributed by atoms with E-state index in [2.05, 4.69) is 4.90 Å². The van der Waals surface area contributed by atoms with Crippen molar-refractivity contribution >= 4 is 23.2 Å². The maximum absolute atomic E-state index is 13.4. The fraction of sp³-hybridized carbons (Fsp3) is 0.455. The lowest BCUT2D eigenvalue weighted by molar-refractivity contribution is 0.293. The van der Waals surface area contributed by atoms with Crippen LogP contribution in [0.2, 0.25) is 5.02 Å². The molecule has 0 spiro atoms. The Bertz CT molecular complexity index is 297. The van der Waals surface area contributed by atoms with Gasteiger partial charge in [-0.3, -0.25) is 4.90 Å². The van der Waals surface area contributed by atoms with Crippen molar-refractivity contribution in [3.63, 3.8) is 0 Å². The van der Waals surface area contributed by atoms with E-state index < -0.39 is 0 Å². The van der Waals surface area contributed by atoms with Crippen LogP contribution in [0.15, 0.2) is 18.2 Å². The fourth-order valence-electron chi connectivity index (χ4n) is 1.38. The first-order valence-electron chi connectivity index (χ1n) is 4.90. The Hall–Kier alpha value is -0.310. The van der Waals surface area contributed by atoms with Crippen LogP contribution in [-0.4, -0.2) is 23.9 Å². The molecule has 0 saturated carbocycles. The molecule has 0 aliphatic rings. The van der Waals surface area contributed by atoms with Crippen molar-refractivity contribution in [3.05, 3.63) is 34.6 Å².